The first-order valence-electron chi connectivity index (χ1n) is 3.45. The van der Waals surface area contributed by atoms with Crippen molar-refractivity contribution in [1.82, 2.24) is 5.32 Å². The second-order valence-electron chi connectivity index (χ2n) is 2.60. The molecule has 0 saturated carbocycles. The van der Waals surface area contributed by atoms with E-state index in [9.17, 15) is 4.39 Å². The molecule has 0 amide bonds. The average Bonchev–Trinajstić information content (AvgIpc) is 2.45. The Hall–Kier alpha value is 0.130. The molecule has 0 aliphatic carbocycles. The maximum Gasteiger partial charge on any atom is 0.136 e. The van der Waals surface area contributed by atoms with Gasteiger partial charge >= 0.3 is 0 Å². The molecule has 12 heavy (non-hydrogen) atoms. The fourth-order valence-electron chi connectivity index (χ4n) is 1.31. The Morgan fingerprint density at radius 3 is 2.83 bits per heavy atom. The monoisotopic (exact) mass is 299 g/mol. The molecule has 1 aromatic carbocycles. The van der Waals surface area contributed by atoms with Gasteiger partial charge in [0.15, 0.2) is 0 Å². The smallest absolute Gasteiger partial charge is 0.136 e. The van der Waals surface area contributed by atoms with Crippen molar-refractivity contribution in [2.24, 2.45) is 0 Å². The Labute approximate surface area is 90.3 Å². The molecular formula is C8H8ClFIN. The lowest BCUT2D eigenvalue weighted by molar-refractivity contribution is 0.617. The molecule has 2 rings (SSSR count). The standard InChI is InChI=1S/C8H7FIN.ClH/c9-7-2-1-5-3-11-4-6(5)8(7)10;/h1-2,11H,3-4H2;1H. The highest BCUT2D eigenvalue weighted by molar-refractivity contribution is 14.1. The van der Waals surface area contributed by atoms with Crippen LogP contribution in [0.4, 0.5) is 4.39 Å². The summed E-state index contributed by atoms with van der Waals surface area (Å²) in [6.07, 6.45) is 0. The van der Waals surface area contributed by atoms with Crippen LogP contribution in [0.3, 0.4) is 0 Å². The zero-order chi connectivity index (χ0) is 7.84. The number of hydrogen-bond acceptors (Lipinski definition) is 1. The summed E-state index contributed by atoms with van der Waals surface area (Å²) < 4.78 is 13.7. The van der Waals surface area contributed by atoms with E-state index >= 15 is 0 Å². The van der Waals surface area contributed by atoms with Crippen molar-refractivity contribution in [2.45, 2.75) is 13.1 Å². The molecule has 0 radical (unpaired) electrons. The van der Waals surface area contributed by atoms with Gasteiger partial charge in [-0.1, -0.05) is 6.07 Å². The minimum atomic E-state index is -0.104. The molecule has 0 unspecified atom stereocenters. The van der Waals surface area contributed by atoms with E-state index in [4.69, 9.17) is 0 Å². The van der Waals surface area contributed by atoms with Crippen LogP contribution in [0.1, 0.15) is 11.1 Å². The van der Waals surface area contributed by atoms with Crippen LogP contribution in [0.5, 0.6) is 0 Å². The lowest BCUT2D eigenvalue weighted by atomic mass is 10.1. The maximum atomic E-state index is 12.9. The van der Waals surface area contributed by atoms with Crippen molar-refractivity contribution in [3.05, 3.63) is 32.6 Å². The van der Waals surface area contributed by atoms with E-state index in [1.165, 1.54) is 11.6 Å². The Kier molecular flexibility index (Phi) is 3.31. The van der Waals surface area contributed by atoms with Gasteiger partial charge in [-0.15, -0.1) is 12.4 Å². The van der Waals surface area contributed by atoms with E-state index in [1.54, 1.807) is 0 Å². The molecular weight excluding hydrogens is 291 g/mol. The van der Waals surface area contributed by atoms with Gasteiger partial charge in [-0.25, -0.2) is 4.39 Å². The summed E-state index contributed by atoms with van der Waals surface area (Å²) in [6, 6.07) is 3.39. The topological polar surface area (TPSA) is 12.0 Å². The van der Waals surface area contributed by atoms with Crippen molar-refractivity contribution in [1.29, 1.82) is 0 Å². The Bertz CT molecular complexity index is 303. The molecule has 0 spiro atoms. The van der Waals surface area contributed by atoms with Gasteiger partial charge < -0.3 is 5.32 Å². The lowest BCUT2D eigenvalue weighted by Crippen LogP contribution is -2.00. The first kappa shape index (κ1) is 10.2. The minimum absolute atomic E-state index is 0. The third-order valence-electron chi connectivity index (χ3n) is 1.91. The van der Waals surface area contributed by atoms with Gasteiger partial charge in [-0.05, 0) is 39.8 Å². The first-order chi connectivity index (χ1) is 5.29. The van der Waals surface area contributed by atoms with Gasteiger partial charge in [-0.2, -0.15) is 0 Å². The van der Waals surface area contributed by atoms with Crippen LogP contribution in [0.2, 0.25) is 0 Å². The van der Waals surface area contributed by atoms with Crippen molar-refractivity contribution < 1.29 is 4.39 Å². The molecule has 1 N–H and O–H groups in total. The van der Waals surface area contributed by atoms with E-state index in [1.807, 2.05) is 6.07 Å². The van der Waals surface area contributed by atoms with Gasteiger partial charge in [0.25, 0.3) is 0 Å². The van der Waals surface area contributed by atoms with Crippen LogP contribution >= 0.6 is 35.0 Å². The summed E-state index contributed by atoms with van der Waals surface area (Å²) >= 11 is 2.06. The summed E-state index contributed by atoms with van der Waals surface area (Å²) in [4.78, 5) is 0. The number of benzene rings is 1. The van der Waals surface area contributed by atoms with E-state index in [-0.39, 0.29) is 18.2 Å². The lowest BCUT2D eigenvalue weighted by Gasteiger charge is -2.00. The zero-order valence-electron chi connectivity index (χ0n) is 6.23. The van der Waals surface area contributed by atoms with E-state index in [2.05, 4.69) is 27.9 Å². The van der Waals surface area contributed by atoms with Crippen molar-refractivity contribution >= 4 is 35.0 Å². The predicted molar refractivity (Wildman–Crippen MR) is 56.9 cm³/mol. The number of rotatable bonds is 0. The summed E-state index contributed by atoms with van der Waals surface area (Å²) in [5, 5.41) is 3.18. The van der Waals surface area contributed by atoms with Gasteiger partial charge in [0.05, 0.1) is 3.57 Å². The summed E-state index contributed by atoms with van der Waals surface area (Å²) in [7, 11) is 0. The van der Waals surface area contributed by atoms with E-state index in [0.29, 0.717) is 0 Å². The Morgan fingerprint density at radius 1 is 1.33 bits per heavy atom. The SMILES string of the molecule is Cl.Fc1ccc2c(c1I)CNC2. The van der Waals surface area contributed by atoms with E-state index < -0.39 is 0 Å². The molecule has 1 aliphatic heterocycles. The van der Waals surface area contributed by atoms with Crippen LogP contribution in [-0.4, -0.2) is 0 Å². The molecule has 0 aromatic heterocycles. The molecule has 1 aromatic rings. The van der Waals surface area contributed by atoms with Gasteiger partial charge in [0, 0.05) is 13.1 Å². The number of halogens is 3. The highest BCUT2D eigenvalue weighted by atomic mass is 127. The quantitative estimate of drug-likeness (QED) is 0.726. The molecule has 66 valence electrons. The fraction of sp³-hybridized carbons (Fsp3) is 0.250. The van der Waals surface area contributed by atoms with Crippen LogP contribution < -0.4 is 5.32 Å². The molecule has 1 nitrogen and oxygen atoms in total. The minimum Gasteiger partial charge on any atom is -0.309 e. The third kappa shape index (κ3) is 1.58. The van der Waals surface area contributed by atoms with Crippen LogP contribution in [0.15, 0.2) is 12.1 Å². The zero-order valence-corrected chi connectivity index (χ0v) is 9.21. The normalized spacial score (nSPS) is 13.8. The Morgan fingerprint density at radius 2 is 2.08 bits per heavy atom. The molecule has 1 heterocycles. The van der Waals surface area contributed by atoms with Crippen molar-refractivity contribution in [3.8, 4) is 0 Å². The molecule has 0 atom stereocenters. The van der Waals surface area contributed by atoms with Gasteiger partial charge in [0.2, 0.25) is 0 Å². The van der Waals surface area contributed by atoms with Gasteiger partial charge in [0.1, 0.15) is 5.82 Å². The highest BCUT2D eigenvalue weighted by Gasteiger charge is 2.14. The van der Waals surface area contributed by atoms with Gasteiger partial charge in [-0.3, -0.25) is 0 Å². The molecule has 0 fully saturated rings. The predicted octanol–water partition coefficient (Wildman–Crippen LogP) is 2.46. The number of fused-ring (bicyclic) bond motifs is 1. The van der Waals surface area contributed by atoms with Crippen LogP contribution in [0.25, 0.3) is 0 Å². The molecule has 0 bridgehead atoms. The Balaban J connectivity index is 0.000000720. The molecule has 0 saturated heterocycles. The summed E-state index contributed by atoms with van der Waals surface area (Å²) in [5.41, 5.74) is 2.36. The van der Waals surface area contributed by atoms with Crippen molar-refractivity contribution in [3.63, 3.8) is 0 Å². The average molecular weight is 300 g/mol. The number of hydrogen-bond donors (Lipinski definition) is 1. The van der Waals surface area contributed by atoms with Crippen LogP contribution in [0, 0.1) is 9.39 Å². The van der Waals surface area contributed by atoms with Crippen LogP contribution in [-0.2, 0) is 13.1 Å². The largest absolute Gasteiger partial charge is 0.309 e. The fourth-order valence-corrected chi connectivity index (χ4v) is 2.03. The molecule has 4 heteroatoms. The highest BCUT2D eigenvalue weighted by Crippen LogP contribution is 2.23. The second-order valence-corrected chi connectivity index (χ2v) is 3.68. The second kappa shape index (κ2) is 3.89. The molecule has 1 aliphatic rings. The summed E-state index contributed by atoms with van der Waals surface area (Å²) in [6.45, 7) is 1.69. The first-order valence-corrected chi connectivity index (χ1v) is 4.53. The van der Waals surface area contributed by atoms with E-state index in [0.717, 1.165) is 22.2 Å². The van der Waals surface area contributed by atoms with Crippen molar-refractivity contribution in [2.75, 3.05) is 0 Å². The number of nitrogens with one attached hydrogen (secondary N) is 1. The summed E-state index contributed by atoms with van der Waals surface area (Å²) in [5.74, 6) is -0.104. The maximum absolute atomic E-state index is 12.9. The third-order valence-corrected chi connectivity index (χ3v) is 3.08.